The van der Waals surface area contributed by atoms with Crippen LogP contribution >= 0.6 is 23.2 Å². The van der Waals surface area contributed by atoms with Gasteiger partial charge < -0.3 is 5.32 Å². The average Bonchev–Trinajstić information content (AvgIpc) is 2.62. The number of halogens is 2. The summed E-state index contributed by atoms with van der Waals surface area (Å²) in [6, 6.07) is 11.2. The molecule has 0 heterocycles. The van der Waals surface area contributed by atoms with Gasteiger partial charge in [0.1, 0.15) is 6.04 Å². The van der Waals surface area contributed by atoms with Crippen LogP contribution in [0, 0.1) is 0 Å². The standard InChI is InChI=1S/C22H28Cl2N2O3S/c1-14(16-7-9-17(10-8-16)22(3,4)5)25-21(27)15(2)26(30(6,28)29)20-13-18(23)11-12-19(20)24/h7-15H,1-6H3,(H,25,27)/t14-,15+/m1/s1. The first-order valence-corrected chi connectivity index (χ1v) is 12.2. The summed E-state index contributed by atoms with van der Waals surface area (Å²) in [6.07, 6.45) is 1.03. The molecule has 0 saturated heterocycles. The van der Waals surface area contributed by atoms with Crippen LogP contribution in [-0.4, -0.2) is 26.6 Å². The van der Waals surface area contributed by atoms with Crippen LogP contribution < -0.4 is 9.62 Å². The van der Waals surface area contributed by atoms with E-state index in [-0.39, 0.29) is 22.2 Å². The highest BCUT2D eigenvalue weighted by atomic mass is 35.5. The minimum Gasteiger partial charge on any atom is -0.348 e. The Bertz CT molecular complexity index is 1020. The van der Waals surface area contributed by atoms with Crippen LogP contribution in [-0.2, 0) is 20.2 Å². The third-order valence-electron chi connectivity index (χ3n) is 4.87. The molecular formula is C22H28Cl2N2O3S. The summed E-state index contributed by atoms with van der Waals surface area (Å²) < 4.78 is 25.9. The van der Waals surface area contributed by atoms with Crippen LogP contribution in [0.1, 0.15) is 51.8 Å². The summed E-state index contributed by atoms with van der Waals surface area (Å²) in [5, 5.41) is 3.40. The molecule has 1 N–H and O–H groups in total. The number of hydrogen-bond acceptors (Lipinski definition) is 3. The fraction of sp³-hybridized carbons (Fsp3) is 0.409. The summed E-state index contributed by atoms with van der Waals surface area (Å²) in [5.41, 5.74) is 2.31. The Hall–Kier alpha value is -1.76. The molecule has 0 bridgehead atoms. The Morgan fingerprint density at radius 3 is 2.10 bits per heavy atom. The Morgan fingerprint density at radius 2 is 1.60 bits per heavy atom. The molecule has 0 aromatic heterocycles. The number of amides is 1. The predicted octanol–water partition coefficient (Wildman–Crippen LogP) is 5.32. The monoisotopic (exact) mass is 470 g/mol. The minimum atomic E-state index is -3.79. The van der Waals surface area contributed by atoms with Crippen molar-refractivity contribution < 1.29 is 13.2 Å². The summed E-state index contributed by atoms with van der Waals surface area (Å²) >= 11 is 12.2. The molecule has 5 nitrogen and oxygen atoms in total. The largest absolute Gasteiger partial charge is 0.348 e. The maximum absolute atomic E-state index is 12.9. The van der Waals surface area contributed by atoms with Crippen molar-refractivity contribution >= 4 is 44.8 Å². The van der Waals surface area contributed by atoms with E-state index in [0.29, 0.717) is 5.02 Å². The number of benzene rings is 2. The number of sulfonamides is 1. The lowest BCUT2D eigenvalue weighted by Gasteiger charge is -2.30. The highest BCUT2D eigenvalue weighted by molar-refractivity contribution is 7.92. The van der Waals surface area contributed by atoms with Gasteiger partial charge in [-0.15, -0.1) is 0 Å². The molecule has 8 heteroatoms. The van der Waals surface area contributed by atoms with Crippen LogP contribution in [0.3, 0.4) is 0 Å². The van der Waals surface area contributed by atoms with Crippen molar-refractivity contribution in [2.45, 2.75) is 52.1 Å². The molecule has 0 radical (unpaired) electrons. The van der Waals surface area contributed by atoms with Crippen molar-refractivity contribution in [3.05, 3.63) is 63.6 Å². The number of nitrogens with one attached hydrogen (secondary N) is 1. The van der Waals surface area contributed by atoms with Gasteiger partial charge in [0.25, 0.3) is 0 Å². The second-order valence-electron chi connectivity index (χ2n) is 8.43. The molecule has 2 atom stereocenters. The molecule has 0 aliphatic carbocycles. The van der Waals surface area contributed by atoms with E-state index in [1.807, 2.05) is 31.2 Å². The van der Waals surface area contributed by atoms with Crippen molar-refractivity contribution in [1.82, 2.24) is 5.32 Å². The fourth-order valence-corrected chi connectivity index (χ4v) is 4.73. The van der Waals surface area contributed by atoms with Gasteiger partial charge in [-0.1, -0.05) is 68.2 Å². The number of rotatable bonds is 6. The topological polar surface area (TPSA) is 66.5 Å². The first kappa shape index (κ1) is 24.5. The Balaban J connectivity index is 2.26. The van der Waals surface area contributed by atoms with Crippen molar-refractivity contribution in [2.24, 2.45) is 0 Å². The molecule has 1 amide bonds. The zero-order chi connectivity index (χ0) is 22.9. The van der Waals surface area contributed by atoms with E-state index in [0.717, 1.165) is 16.1 Å². The molecule has 30 heavy (non-hydrogen) atoms. The van der Waals surface area contributed by atoms with E-state index in [1.54, 1.807) is 6.07 Å². The van der Waals surface area contributed by atoms with E-state index in [2.05, 4.69) is 26.1 Å². The first-order valence-electron chi connectivity index (χ1n) is 9.57. The third kappa shape index (κ3) is 5.90. The molecule has 0 unspecified atom stereocenters. The molecule has 2 aromatic rings. The smallest absolute Gasteiger partial charge is 0.244 e. The van der Waals surface area contributed by atoms with Gasteiger partial charge in [-0.05, 0) is 48.6 Å². The van der Waals surface area contributed by atoms with Gasteiger partial charge in [-0.25, -0.2) is 8.42 Å². The van der Waals surface area contributed by atoms with Crippen LogP contribution in [0.25, 0.3) is 0 Å². The Kier molecular flexibility index (Phi) is 7.49. The normalized spacial score (nSPS) is 14.1. The molecule has 0 spiro atoms. The van der Waals surface area contributed by atoms with Gasteiger partial charge in [-0.3, -0.25) is 9.10 Å². The van der Waals surface area contributed by atoms with Gasteiger partial charge in [0, 0.05) is 5.02 Å². The lowest BCUT2D eigenvalue weighted by molar-refractivity contribution is -0.122. The molecule has 0 saturated carbocycles. The Labute approximate surface area is 189 Å². The summed E-state index contributed by atoms with van der Waals surface area (Å²) in [4.78, 5) is 12.9. The summed E-state index contributed by atoms with van der Waals surface area (Å²) in [5.74, 6) is -0.441. The molecule has 2 rings (SSSR count). The predicted molar refractivity (Wildman–Crippen MR) is 125 cm³/mol. The number of hydrogen-bond donors (Lipinski definition) is 1. The maximum Gasteiger partial charge on any atom is 0.244 e. The molecule has 0 aliphatic heterocycles. The number of nitrogens with zero attached hydrogens (tertiary/aromatic N) is 1. The zero-order valence-electron chi connectivity index (χ0n) is 18.0. The van der Waals surface area contributed by atoms with Gasteiger partial charge in [-0.2, -0.15) is 0 Å². The first-order chi connectivity index (χ1) is 13.7. The molecule has 0 aliphatic rings. The molecule has 0 fully saturated rings. The van der Waals surface area contributed by atoms with E-state index in [4.69, 9.17) is 23.2 Å². The van der Waals surface area contributed by atoms with E-state index in [9.17, 15) is 13.2 Å². The SMILES string of the molecule is C[C@@H](NC(=O)[C@H](C)N(c1cc(Cl)ccc1Cl)S(C)(=O)=O)c1ccc(C(C)(C)C)cc1. The third-order valence-corrected chi connectivity index (χ3v) is 6.65. The highest BCUT2D eigenvalue weighted by Gasteiger charge is 2.31. The second kappa shape index (κ2) is 9.16. The quantitative estimate of drug-likeness (QED) is 0.620. The second-order valence-corrected chi connectivity index (χ2v) is 11.1. The zero-order valence-corrected chi connectivity index (χ0v) is 20.4. The Morgan fingerprint density at radius 1 is 1.03 bits per heavy atom. The molecular weight excluding hydrogens is 443 g/mol. The fourth-order valence-electron chi connectivity index (χ4n) is 3.12. The van der Waals surface area contributed by atoms with Gasteiger partial charge >= 0.3 is 0 Å². The van der Waals surface area contributed by atoms with Gasteiger partial charge in [0.15, 0.2) is 0 Å². The highest BCUT2D eigenvalue weighted by Crippen LogP contribution is 2.32. The molecule has 164 valence electrons. The lowest BCUT2D eigenvalue weighted by Crippen LogP contribution is -2.48. The van der Waals surface area contributed by atoms with E-state index < -0.39 is 22.0 Å². The average molecular weight is 471 g/mol. The van der Waals surface area contributed by atoms with E-state index in [1.165, 1.54) is 24.6 Å². The number of carbonyl (C=O) groups is 1. The van der Waals surface area contributed by atoms with Crippen molar-refractivity contribution in [3.63, 3.8) is 0 Å². The number of anilines is 1. The molecule has 2 aromatic carbocycles. The maximum atomic E-state index is 12.9. The number of carbonyl (C=O) groups excluding carboxylic acids is 1. The van der Waals surface area contributed by atoms with Crippen LogP contribution in [0.2, 0.25) is 10.0 Å². The van der Waals surface area contributed by atoms with Crippen molar-refractivity contribution in [3.8, 4) is 0 Å². The van der Waals surface area contributed by atoms with Crippen LogP contribution in [0.15, 0.2) is 42.5 Å². The van der Waals surface area contributed by atoms with Crippen LogP contribution in [0.4, 0.5) is 5.69 Å². The van der Waals surface area contributed by atoms with Crippen molar-refractivity contribution in [2.75, 3.05) is 10.6 Å². The van der Waals surface area contributed by atoms with Crippen molar-refractivity contribution in [1.29, 1.82) is 0 Å². The summed E-state index contributed by atoms with van der Waals surface area (Å²) in [7, 11) is -3.79. The van der Waals surface area contributed by atoms with Gasteiger partial charge in [0.05, 0.1) is 23.0 Å². The lowest BCUT2D eigenvalue weighted by atomic mass is 9.86. The van der Waals surface area contributed by atoms with E-state index >= 15 is 0 Å². The van der Waals surface area contributed by atoms with Gasteiger partial charge in [0.2, 0.25) is 15.9 Å². The minimum absolute atomic E-state index is 0.0335. The summed E-state index contributed by atoms with van der Waals surface area (Å²) in [6.45, 7) is 9.78. The van der Waals surface area contributed by atoms with Crippen LogP contribution in [0.5, 0.6) is 0 Å².